The van der Waals surface area contributed by atoms with E-state index in [-0.39, 0.29) is 4.90 Å². The number of anilines is 1. The van der Waals surface area contributed by atoms with Crippen molar-refractivity contribution in [3.05, 3.63) is 90.5 Å². The van der Waals surface area contributed by atoms with E-state index in [1.54, 1.807) is 18.3 Å². The summed E-state index contributed by atoms with van der Waals surface area (Å²) in [4.78, 5) is 18.4. The predicted octanol–water partition coefficient (Wildman–Crippen LogP) is 5.22. The van der Waals surface area contributed by atoms with Crippen LogP contribution in [0.1, 0.15) is 49.7 Å². The first kappa shape index (κ1) is 25.1. The fraction of sp³-hybridized carbons (Fsp3) is 0.269. The molecule has 7 nitrogen and oxygen atoms in total. The van der Waals surface area contributed by atoms with E-state index in [0.717, 1.165) is 55.2 Å². The maximum absolute atomic E-state index is 12.7. The van der Waals surface area contributed by atoms with Gasteiger partial charge in [0.15, 0.2) is 0 Å². The molecule has 0 aliphatic heterocycles. The molecule has 3 aromatic rings. The Morgan fingerprint density at radius 2 is 1.62 bits per heavy atom. The van der Waals surface area contributed by atoms with E-state index in [1.807, 2.05) is 36.5 Å². The van der Waals surface area contributed by atoms with Gasteiger partial charge < -0.3 is 4.74 Å². The molecular formula is C26H29N3O4S. The zero-order valence-corrected chi connectivity index (χ0v) is 19.8. The zero-order valence-electron chi connectivity index (χ0n) is 19.0. The van der Waals surface area contributed by atoms with Gasteiger partial charge in [-0.15, -0.1) is 0 Å². The fourth-order valence-corrected chi connectivity index (χ4v) is 4.56. The van der Waals surface area contributed by atoms with Crippen LogP contribution in [0.15, 0.2) is 84.3 Å². The van der Waals surface area contributed by atoms with Gasteiger partial charge in [0.25, 0.3) is 16.5 Å². The van der Waals surface area contributed by atoms with Gasteiger partial charge in [-0.25, -0.2) is 8.42 Å². The largest absolute Gasteiger partial charge is 0.468 e. The van der Waals surface area contributed by atoms with E-state index in [0.29, 0.717) is 18.8 Å². The number of carbonyl (C=O) groups is 1. The Kier molecular flexibility index (Phi) is 9.79. The molecule has 2 aromatic heterocycles. The lowest BCUT2D eigenvalue weighted by Gasteiger charge is -2.12. The van der Waals surface area contributed by atoms with E-state index in [9.17, 15) is 13.2 Å². The molecule has 0 spiro atoms. The summed E-state index contributed by atoms with van der Waals surface area (Å²) < 4.78 is 32.8. The third-order valence-corrected chi connectivity index (χ3v) is 6.59. The van der Waals surface area contributed by atoms with Gasteiger partial charge in [-0.1, -0.05) is 43.5 Å². The van der Waals surface area contributed by atoms with E-state index in [2.05, 4.69) is 20.8 Å². The highest BCUT2D eigenvalue weighted by Gasteiger charge is 2.15. The Labute approximate surface area is 201 Å². The molecular weight excluding hydrogens is 450 g/mol. The maximum Gasteiger partial charge on any atom is 0.293 e. The lowest BCUT2D eigenvalue weighted by atomic mass is 9.97. The molecule has 0 radical (unpaired) electrons. The molecule has 0 unspecified atom stereocenters. The number of hydrogen-bond acceptors (Lipinski definition) is 6. The smallest absolute Gasteiger partial charge is 0.293 e. The molecule has 0 saturated heterocycles. The normalized spacial score (nSPS) is 11.7. The molecule has 1 N–H and O–H groups in total. The molecule has 0 aliphatic carbocycles. The molecule has 1 aromatic carbocycles. The lowest BCUT2D eigenvalue weighted by Crippen LogP contribution is -2.13. The number of carbonyl (C=O) groups excluding carboxylic acids is 1. The van der Waals surface area contributed by atoms with Crippen molar-refractivity contribution in [1.82, 2.24) is 9.97 Å². The minimum atomic E-state index is -3.73. The van der Waals surface area contributed by atoms with Crippen LogP contribution in [0.2, 0.25) is 0 Å². The van der Waals surface area contributed by atoms with E-state index >= 15 is 0 Å². The van der Waals surface area contributed by atoms with Crippen molar-refractivity contribution in [3.8, 4) is 0 Å². The molecule has 0 fully saturated rings. The molecule has 3 rings (SSSR count). The van der Waals surface area contributed by atoms with Gasteiger partial charge in [-0.2, -0.15) is 0 Å². The zero-order chi connectivity index (χ0) is 24.1. The van der Waals surface area contributed by atoms with E-state index in [4.69, 9.17) is 4.74 Å². The molecule has 178 valence electrons. The maximum atomic E-state index is 12.7. The molecule has 2 heterocycles. The number of sulfonamides is 1. The summed E-state index contributed by atoms with van der Waals surface area (Å²) in [5.74, 6) is 0. The SMILES string of the molecule is O=COCCCCCCCC=C(c1cccnc1)c1cccc(NS(=O)(=O)c2cccnc2)c1. The molecule has 0 atom stereocenters. The second-order valence-electron chi connectivity index (χ2n) is 7.76. The standard InChI is InChI=1S/C26H29N3O4S/c30-21-33-17-6-4-2-1-3-5-14-26(23-11-8-15-27-19-23)22-10-7-12-24(18-22)29-34(31,32)25-13-9-16-28-20-25/h7-16,18-21,29H,1-6,17H2. The van der Waals surface area contributed by atoms with Crippen LogP contribution < -0.4 is 4.72 Å². The first-order valence-electron chi connectivity index (χ1n) is 11.3. The fourth-order valence-electron chi connectivity index (χ4n) is 3.55. The van der Waals surface area contributed by atoms with Crippen molar-refractivity contribution in [1.29, 1.82) is 0 Å². The van der Waals surface area contributed by atoms with Gasteiger partial charge in [0.1, 0.15) is 4.90 Å². The van der Waals surface area contributed by atoms with Crippen LogP contribution in [0.5, 0.6) is 0 Å². The number of hydrogen-bond donors (Lipinski definition) is 1. The van der Waals surface area contributed by atoms with Gasteiger partial charge in [-0.3, -0.25) is 19.5 Å². The average Bonchev–Trinajstić information content (AvgIpc) is 2.86. The van der Waals surface area contributed by atoms with Gasteiger partial charge in [0, 0.05) is 36.0 Å². The Hall–Kier alpha value is -3.52. The number of nitrogens with one attached hydrogen (secondary N) is 1. The van der Waals surface area contributed by atoms with Crippen LogP contribution in [-0.2, 0) is 19.6 Å². The lowest BCUT2D eigenvalue weighted by molar-refractivity contribution is -0.128. The van der Waals surface area contributed by atoms with Crippen molar-refractivity contribution >= 4 is 27.8 Å². The van der Waals surface area contributed by atoms with Crippen molar-refractivity contribution in [3.63, 3.8) is 0 Å². The second kappa shape index (κ2) is 13.3. The van der Waals surface area contributed by atoms with Crippen molar-refractivity contribution in [2.45, 2.75) is 43.4 Å². The second-order valence-corrected chi connectivity index (χ2v) is 9.44. The Bertz CT molecular complexity index is 1170. The number of pyridine rings is 2. The number of allylic oxidation sites excluding steroid dienone is 1. The summed E-state index contributed by atoms with van der Waals surface area (Å²) in [7, 11) is -3.73. The van der Waals surface area contributed by atoms with E-state index < -0.39 is 10.0 Å². The molecule has 0 saturated carbocycles. The van der Waals surface area contributed by atoms with Crippen LogP contribution >= 0.6 is 0 Å². The van der Waals surface area contributed by atoms with Crippen molar-refractivity contribution in [2.24, 2.45) is 0 Å². The molecule has 0 aliphatic rings. The highest BCUT2D eigenvalue weighted by molar-refractivity contribution is 7.92. The third kappa shape index (κ3) is 7.81. The highest BCUT2D eigenvalue weighted by Crippen LogP contribution is 2.27. The van der Waals surface area contributed by atoms with Crippen LogP contribution in [-0.4, -0.2) is 31.5 Å². The first-order chi connectivity index (χ1) is 16.6. The summed E-state index contributed by atoms with van der Waals surface area (Å²) in [5.41, 5.74) is 3.37. The van der Waals surface area contributed by atoms with Gasteiger partial charge in [-0.05, 0) is 60.7 Å². The quantitative estimate of drug-likeness (QED) is 0.251. The highest BCUT2D eigenvalue weighted by atomic mass is 32.2. The minimum absolute atomic E-state index is 0.112. The molecule has 0 amide bonds. The van der Waals surface area contributed by atoms with Gasteiger partial charge in [0.2, 0.25) is 0 Å². The van der Waals surface area contributed by atoms with Crippen LogP contribution in [0.4, 0.5) is 5.69 Å². The number of unbranched alkanes of at least 4 members (excludes halogenated alkanes) is 5. The van der Waals surface area contributed by atoms with Crippen LogP contribution in [0, 0.1) is 0 Å². The average molecular weight is 480 g/mol. The van der Waals surface area contributed by atoms with Gasteiger partial charge >= 0.3 is 0 Å². The summed E-state index contributed by atoms with van der Waals surface area (Å²) in [5, 5.41) is 0. The Morgan fingerprint density at radius 3 is 2.35 bits per heavy atom. The monoisotopic (exact) mass is 479 g/mol. The van der Waals surface area contributed by atoms with Crippen LogP contribution in [0.25, 0.3) is 5.57 Å². The Balaban J connectivity index is 1.71. The molecule has 0 bridgehead atoms. The number of ether oxygens (including phenoxy) is 1. The summed E-state index contributed by atoms with van der Waals surface area (Å²) in [6.45, 7) is 0.971. The van der Waals surface area contributed by atoms with Crippen molar-refractivity contribution < 1.29 is 17.9 Å². The number of aromatic nitrogens is 2. The number of rotatable bonds is 14. The van der Waals surface area contributed by atoms with Crippen LogP contribution in [0.3, 0.4) is 0 Å². The van der Waals surface area contributed by atoms with Gasteiger partial charge in [0.05, 0.1) is 6.61 Å². The summed E-state index contributed by atoms with van der Waals surface area (Å²) >= 11 is 0. The minimum Gasteiger partial charge on any atom is -0.468 e. The Morgan fingerprint density at radius 1 is 0.882 bits per heavy atom. The topological polar surface area (TPSA) is 98.2 Å². The predicted molar refractivity (Wildman–Crippen MR) is 133 cm³/mol. The number of benzene rings is 1. The number of nitrogens with zero attached hydrogens (tertiary/aromatic N) is 2. The summed E-state index contributed by atoms with van der Waals surface area (Å²) in [6, 6.07) is 14.3. The van der Waals surface area contributed by atoms with Crippen molar-refractivity contribution in [2.75, 3.05) is 11.3 Å². The molecule has 34 heavy (non-hydrogen) atoms. The van der Waals surface area contributed by atoms with E-state index in [1.165, 1.54) is 18.5 Å². The summed E-state index contributed by atoms with van der Waals surface area (Å²) in [6.07, 6.45) is 14.6. The third-order valence-electron chi connectivity index (χ3n) is 5.23. The first-order valence-corrected chi connectivity index (χ1v) is 12.8. The molecule has 8 heteroatoms.